The first-order valence-electron chi connectivity index (χ1n) is 10.9. The molecule has 5 heteroatoms. The van der Waals surface area contributed by atoms with Gasteiger partial charge in [-0.05, 0) is 29.0 Å². The van der Waals surface area contributed by atoms with Gasteiger partial charge >= 0.3 is 0 Å². The Labute approximate surface area is 185 Å². The minimum Gasteiger partial charge on any atom is -0.340 e. The Morgan fingerprint density at radius 2 is 1.97 bits per heavy atom. The molecule has 1 aromatic heterocycles. The van der Waals surface area contributed by atoms with Crippen LogP contribution in [0.15, 0.2) is 61.4 Å². The molecule has 1 fully saturated rings. The molecule has 1 aliphatic rings. The van der Waals surface area contributed by atoms with Gasteiger partial charge in [0.15, 0.2) is 0 Å². The number of benzene rings is 1. The molecule has 5 nitrogen and oxygen atoms in total. The number of rotatable bonds is 6. The number of amides is 2. The average Bonchev–Trinajstić information content (AvgIpc) is 2.88. The Balaban J connectivity index is 1.89. The molecular weight excluding hydrogens is 386 g/mol. The summed E-state index contributed by atoms with van der Waals surface area (Å²) in [5.74, 6) is -0.0811. The second kappa shape index (κ2) is 9.90. The molecule has 0 spiro atoms. The predicted molar refractivity (Wildman–Crippen MR) is 124 cm³/mol. The first-order chi connectivity index (χ1) is 14.8. The highest BCUT2D eigenvalue weighted by Crippen LogP contribution is 2.27. The second-order valence-corrected chi connectivity index (χ2v) is 9.45. The van der Waals surface area contributed by atoms with Crippen molar-refractivity contribution < 1.29 is 9.59 Å². The monoisotopic (exact) mass is 419 g/mol. The molecule has 0 aliphatic carbocycles. The second-order valence-electron chi connectivity index (χ2n) is 9.45. The quantitative estimate of drug-likeness (QED) is 0.660. The molecule has 2 amide bonds. The molecule has 1 atom stereocenters. The van der Waals surface area contributed by atoms with Crippen LogP contribution in [0.3, 0.4) is 0 Å². The Bertz CT molecular complexity index is 918. The summed E-state index contributed by atoms with van der Waals surface area (Å²) >= 11 is 0. The number of carbonyl (C=O) groups is 2. The van der Waals surface area contributed by atoms with Crippen molar-refractivity contribution in [2.24, 2.45) is 11.3 Å². The maximum Gasteiger partial charge on any atom is 0.228 e. The van der Waals surface area contributed by atoms with E-state index in [4.69, 9.17) is 0 Å². The minimum atomic E-state index is -0.288. The Morgan fingerprint density at radius 1 is 1.19 bits per heavy atom. The van der Waals surface area contributed by atoms with Crippen LogP contribution in [0.5, 0.6) is 0 Å². The van der Waals surface area contributed by atoms with Crippen LogP contribution in [0, 0.1) is 11.3 Å². The molecule has 0 N–H and O–H groups in total. The smallest absolute Gasteiger partial charge is 0.228 e. The highest BCUT2D eigenvalue weighted by Gasteiger charge is 2.33. The fraction of sp³-hybridized carbons (Fsp3) is 0.423. The van der Waals surface area contributed by atoms with Crippen molar-refractivity contribution in [3.63, 3.8) is 0 Å². The molecular formula is C26H33N3O2. The molecule has 164 valence electrons. The van der Waals surface area contributed by atoms with Gasteiger partial charge in [0.25, 0.3) is 0 Å². The van der Waals surface area contributed by atoms with Gasteiger partial charge in [-0.2, -0.15) is 0 Å². The van der Waals surface area contributed by atoms with Crippen LogP contribution < -0.4 is 0 Å². The van der Waals surface area contributed by atoms with E-state index in [1.54, 1.807) is 12.3 Å². The largest absolute Gasteiger partial charge is 0.340 e. The normalized spacial score (nSPS) is 17.4. The van der Waals surface area contributed by atoms with Gasteiger partial charge in [0, 0.05) is 50.6 Å². The van der Waals surface area contributed by atoms with Crippen molar-refractivity contribution in [1.29, 1.82) is 0 Å². The summed E-state index contributed by atoms with van der Waals surface area (Å²) < 4.78 is 0. The summed E-state index contributed by atoms with van der Waals surface area (Å²) in [7, 11) is 0. The molecule has 0 radical (unpaired) electrons. The maximum absolute atomic E-state index is 13.4. The van der Waals surface area contributed by atoms with E-state index in [1.807, 2.05) is 40.3 Å². The lowest BCUT2D eigenvalue weighted by Crippen LogP contribution is -2.39. The molecule has 0 saturated carbocycles. The van der Waals surface area contributed by atoms with E-state index in [2.05, 4.69) is 44.5 Å². The van der Waals surface area contributed by atoms with Crippen LogP contribution in [0.4, 0.5) is 0 Å². The third-order valence-corrected chi connectivity index (χ3v) is 5.58. The highest BCUT2D eigenvalue weighted by molar-refractivity contribution is 5.83. The van der Waals surface area contributed by atoms with Crippen LogP contribution in [-0.2, 0) is 16.0 Å². The van der Waals surface area contributed by atoms with E-state index >= 15 is 0 Å². The van der Waals surface area contributed by atoms with E-state index in [-0.39, 0.29) is 23.1 Å². The lowest BCUT2D eigenvalue weighted by Gasteiger charge is -2.27. The van der Waals surface area contributed by atoms with Crippen molar-refractivity contribution in [2.75, 3.05) is 26.2 Å². The maximum atomic E-state index is 13.4. The molecule has 2 aromatic rings. The topological polar surface area (TPSA) is 53.5 Å². The third-order valence-electron chi connectivity index (χ3n) is 5.58. The zero-order valence-corrected chi connectivity index (χ0v) is 18.9. The van der Waals surface area contributed by atoms with Gasteiger partial charge in [-0.25, -0.2) is 0 Å². The van der Waals surface area contributed by atoms with E-state index < -0.39 is 0 Å². The van der Waals surface area contributed by atoms with Crippen molar-refractivity contribution in [1.82, 2.24) is 14.8 Å². The fourth-order valence-corrected chi connectivity index (χ4v) is 4.09. The summed E-state index contributed by atoms with van der Waals surface area (Å²) in [5, 5.41) is 0. The Hall–Kier alpha value is -2.95. The summed E-state index contributed by atoms with van der Waals surface area (Å²) in [6, 6.07) is 12.1. The van der Waals surface area contributed by atoms with E-state index in [9.17, 15) is 9.59 Å². The van der Waals surface area contributed by atoms with Crippen LogP contribution in [-0.4, -0.2) is 52.8 Å². The van der Waals surface area contributed by atoms with Gasteiger partial charge in [-0.1, -0.05) is 57.2 Å². The van der Waals surface area contributed by atoms with Gasteiger partial charge in [-0.15, -0.1) is 6.58 Å². The summed E-state index contributed by atoms with van der Waals surface area (Å²) in [5.41, 5.74) is 3.12. The molecule has 1 aliphatic heterocycles. The SMILES string of the molecule is C=CCN1CCN(C(=O)CC(C)(C)C)C[C@@H](Cc2ccccc2-c2cccnc2)C1=O. The first kappa shape index (κ1) is 22.7. The Morgan fingerprint density at radius 3 is 2.65 bits per heavy atom. The molecule has 1 saturated heterocycles. The fourth-order valence-electron chi connectivity index (χ4n) is 4.09. The van der Waals surface area contributed by atoms with Crippen molar-refractivity contribution in [3.8, 4) is 11.1 Å². The predicted octanol–water partition coefficient (Wildman–Crippen LogP) is 4.20. The summed E-state index contributed by atoms with van der Waals surface area (Å²) in [6.07, 6.45) is 6.41. The standard InChI is InChI=1S/C26H33N3O2/c1-5-13-28-14-15-29(24(30)17-26(2,3)4)19-22(25(28)31)16-20-9-6-7-11-23(20)21-10-8-12-27-18-21/h5-12,18,22H,1,13-17,19H2,2-4H3/t22-/m1/s1. The lowest BCUT2D eigenvalue weighted by atomic mass is 9.90. The zero-order valence-electron chi connectivity index (χ0n) is 18.9. The first-order valence-corrected chi connectivity index (χ1v) is 10.9. The number of nitrogens with zero attached hydrogens (tertiary/aromatic N) is 3. The van der Waals surface area contributed by atoms with E-state index in [0.717, 1.165) is 16.7 Å². The van der Waals surface area contributed by atoms with Crippen molar-refractivity contribution in [3.05, 3.63) is 67.0 Å². The van der Waals surface area contributed by atoms with Gasteiger partial charge in [0.1, 0.15) is 0 Å². The number of aromatic nitrogens is 1. The number of carbonyl (C=O) groups excluding carboxylic acids is 2. The summed E-state index contributed by atoms with van der Waals surface area (Å²) in [4.78, 5) is 34.3. The molecule has 2 heterocycles. The third kappa shape index (κ3) is 6.03. The van der Waals surface area contributed by atoms with Crippen LogP contribution in [0.2, 0.25) is 0 Å². The van der Waals surface area contributed by atoms with Crippen LogP contribution in [0.25, 0.3) is 11.1 Å². The number of hydrogen-bond donors (Lipinski definition) is 0. The van der Waals surface area contributed by atoms with Crippen LogP contribution >= 0.6 is 0 Å². The Kier molecular flexibility index (Phi) is 7.26. The lowest BCUT2D eigenvalue weighted by molar-refractivity contribution is -0.135. The number of pyridine rings is 1. The molecule has 0 bridgehead atoms. The van der Waals surface area contributed by atoms with Gasteiger partial charge in [0.05, 0.1) is 5.92 Å². The van der Waals surface area contributed by atoms with E-state index in [0.29, 0.717) is 39.0 Å². The molecule has 3 rings (SSSR count). The average molecular weight is 420 g/mol. The number of hydrogen-bond acceptors (Lipinski definition) is 3. The molecule has 0 unspecified atom stereocenters. The van der Waals surface area contributed by atoms with Crippen molar-refractivity contribution in [2.45, 2.75) is 33.6 Å². The summed E-state index contributed by atoms with van der Waals surface area (Å²) in [6.45, 7) is 12.1. The van der Waals surface area contributed by atoms with Crippen LogP contribution in [0.1, 0.15) is 32.8 Å². The van der Waals surface area contributed by atoms with Gasteiger partial charge in [0.2, 0.25) is 11.8 Å². The highest BCUT2D eigenvalue weighted by atomic mass is 16.2. The minimum absolute atomic E-state index is 0.0867. The van der Waals surface area contributed by atoms with E-state index in [1.165, 1.54) is 0 Å². The van der Waals surface area contributed by atoms with Crippen molar-refractivity contribution >= 4 is 11.8 Å². The van der Waals surface area contributed by atoms with Gasteiger partial charge in [-0.3, -0.25) is 14.6 Å². The molecule has 1 aromatic carbocycles. The zero-order chi connectivity index (χ0) is 22.4. The van der Waals surface area contributed by atoms with Gasteiger partial charge < -0.3 is 9.80 Å². The molecule has 31 heavy (non-hydrogen) atoms.